The molecule has 3 heterocycles. The van der Waals surface area contributed by atoms with Crippen LogP contribution in [0.5, 0.6) is 0 Å². The van der Waals surface area contributed by atoms with Gasteiger partial charge in [0.15, 0.2) is 0 Å². The van der Waals surface area contributed by atoms with E-state index in [0.717, 1.165) is 49.5 Å². The predicted octanol–water partition coefficient (Wildman–Crippen LogP) is 2.91. The molecule has 0 fully saturated rings. The van der Waals surface area contributed by atoms with E-state index >= 15 is 0 Å². The first-order valence-corrected chi connectivity index (χ1v) is 9.61. The molecule has 2 aromatic heterocycles. The molecule has 0 unspecified atom stereocenters. The van der Waals surface area contributed by atoms with Crippen LogP contribution in [0.25, 0.3) is 0 Å². The molecule has 0 bridgehead atoms. The van der Waals surface area contributed by atoms with Gasteiger partial charge in [0.25, 0.3) is 5.89 Å². The van der Waals surface area contributed by atoms with E-state index < -0.39 is 0 Å². The summed E-state index contributed by atoms with van der Waals surface area (Å²) in [7, 11) is 0. The summed E-state index contributed by atoms with van der Waals surface area (Å²) < 4.78 is 5.80. The quantitative estimate of drug-likeness (QED) is 0.741. The maximum atomic E-state index is 12.4. The summed E-state index contributed by atoms with van der Waals surface area (Å²) in [5.74, 6) is 0.717. The lowest BCUT2D eigenvalue weighted by molar-refractivity contribution is 0.0914. The SMILES string of the molecule is Cc1ccccc1CN1CCc2nc(C(=O)NCc3ccncc3)oc2CC1. The third-order valence-corrected chi connectivity index (χ3v) is 5.15. The minimum atomic E-state index is -0.276. The number of carbonyl (C=O) groups is 1. The lowest BCUT2D eigenvalue weighted by atomic mass is 10.1. The van der Waals surface area contributed by atoms with E-state index in [4.69, 9.17) is 4.42 Å². The van der Waals surface area contributed by atoms with Gasteiger partial charge in [-0.3, -0.25) is 14.7 Å². The van der Waals surface area contributed by atoms with Crippen LogP contribution < -0.4 is 5.32 Å². The van der Waals surface area contributed by atoms with E-state index in [1.165, 1.54) is 11.1 Å². The number of pyridine rings is 1. The van der Waals surface area contributed by atoms with Crippen LogP contribution in [0.15, 0.2) is 53.2 Å². The van der Waals surface area contributed by atoms with E-state index in [1.54, 1.807) is 12.4 Å². The second-order valence-corrected chi connectivity index (χ2v) is 7.13. The summed E-state index contributed by atoms with van der Waals surface area (Å²) in [6.07, 6.45) is 4.98. The van der Waals surface area contributed by atoms with E-state index in [-0.39, 0.29) is 11.8 Å². The highest BCUT2D eigenvalue weighted by Crippen LogP contribution is 2.19. The highest BCUT2D eigenvalue weighted by atomic mass is 16.4. The summed E-state index contributed by atoms with van der Waals surface area (Å²) in [6, 6.07) is 12.2. The Labute approximate surface area is 164 Å². The Hall–Kier alpha value is -2.99. The van der Waals surface area contributed by atoms with Crippen LogP contribution in [0, 0.1) is 6.92 Å². The second kappa shape index (κ2) is 8.35. The molecular formula is C22H24N4O2. The van der Waals surface area contributed by atoms with Crippen molar-refractivity contribution in [1.29, 1.82) is 0 Å². The normalized spacial score (nSPS) is 14.3. The lowest BCUT2D eigenvalue weighted by Crippen LogP contribution is -2.26. The number of nitrogens with zero attached hydrogens (tertiary/aromatic N) is 3. The number of amides is 1. The van der Waals surface area contributed by atoms with Crippen LogP contribution in [0.1, 0.15) is 38.8 Å². The van der Waals surface area contributed by atoms with Gasteiger partial charge in [-0.15, -0.1) is 0 Å². The fourth-order valence-electron chi connectivity index (χ4n) is 3.45. The first-order chi connectivity index (χ1) is 13.7. The number of carbonyl (C=O) groups excluding carboxylic acids is 1. The van der Waals surface area contributed by atoms with Gasteiger partial charge in [0.05, 0.1) is 5.69 Å². The lowest BCUT2D eigenvalue weighted by Gasteiger charge is -2.20. The minimum Gasteiger partial charge on any atom is -0.437 e. The molecule has 0 radical (unpaired) electrons. The Balaban J connectivity index is 1.36. The maximum Gasteiger partial charge on any atom is 0.307 e. The number of fused-ring (bicyclic) bond motifs is 1. The molecule has 1 aromatic carbocycles. The summed E-state index contributed by atoms with van der Waals surface area (Å²) in [5, 5.41) is 2.85. The molecule has 1 aliphatic rings. The second-order valence-electron chi connectivity index (χ2n) is 7.13. The van der Waals surface area contributed by atoms with Crippen molar-refractivity contribution in [2.45, 2.75) is 32.9 Å². The molecule has 3 aromatic rings. The van der Waals surface area contributed by atoms with Crippen molar-refractivity contribution < 1.29 is 9.21 Å². The van der Waals surface area contributed by atoms with Gasteiger partial charge in [-0.05, 0) is 35.7 Å². The average Bonchev–Trinajstić information content (AvgIpc) is 3.05. The minimum absolute atomic E-state index is 0.159. The summed E-state index contributed by atoms with van der Waals surface area (Å²) in [6.45, 7) is 5.31. The van der Waals surface area contributed by atoms with Gasteiger partial charge in [-0.25, -0.2) is 4.98 Å². The monoisotopic (exact) mass is 376 g/mol. The number of hydrogen-bond acceptors (Lipinski definition) is 5. The van der Waals surface area contributed by atoms with Gasteiger partial charge in [0, 0.05) is 51.4 Å². The van der Waals surface area contributed by atoms with Crippen LogP contribution >= 0.6 is 0 Å². The van der Waals surface area contributed by atoms with Crippen LogP contribution in [0.2, 0.25) is 0 Å². The fourth-order valence-corrected chi connectivity index (χ4v) is 3.45. The topological polar surface area (TPSA) is 71.3 Å². The summed E-state index contributed by atoms with van der Waals surface area (Å²) in [5.41, 5.74) is 4.56. The van der Waals surface area contributed by atoms with E-state index in [9.17, 15) is 4.79 Å². The molecule has 1 N–H and O–H groups in total. The zero-order chi connectivity index (χ0) is 19.3. The molecule has 6 heteroatoms. The van der Waals surface area contributed by atoms with Crippen LogP contribution in [-0.4, -0.2) is 33.9 Å². The van der Waals surface area contributed by atoms with Crippen molar-refractivity contribution in [3.8, 4) is 0 Å². The number of hydrogen-bond donors (Lipinski definition) is 1. The van der Waals surface area contributed by atoms with Crippen molar-refractivity contribution in [2.75, 3.05) is 13.1 Å². The van der Waals surface area contributed by atoms with Gasteiger partial charge in [-0.1, -0.05) is 24.3 Å². The standard InChI is InChI=1S/C22H24N4O2/c1-16-4-2-3-5-18(16)15-26-12-8-19-20(9-13-26)28-22(25-19)21(27)24-14-17-6-10-23-11-7-17/h2-7,10-11H,8-9,12-15H2,1H3,(H,24,27). The van der Waals surface area contributed by atoms with Gasteiger partial charge in [-0.2, -0.15) is 0 Å². The van der Waals surface area contributed by atoms with Crippen LogP contribution in [0.4, 0.5) is 0 Å². The molecule has 28 heavy (non-hydrogen) atoms. The van der Waals surface area contributed by atoms with Gasteiger partial charge < -0.3 is 9.73 Å². The molecule has 0 saturated heterocycles. The van der Waals surface area contributed by atoms with E-state index in [0.29, 0.717) is 6.54 Å². The molecule has 0 atom stereocenters. The third kappa shape index (κ3) is 4.28. The molecule has 0 aliphatic carbocycles. The molecule has 4 rings (SSSR count). The zero-order valence-electron chi connectivity index (χ0n) is 16.0. The Morgan fingerprint density at radius 2 is 1.93 bits per heavy atom. The summed E-state index contributed by atoms with van der Waals surface area (Å²) in [4.78, 5) is 23.2. The zero-order valence-corrected chi connectivity index (χ0v) is 16.0. The van der Waals surface area contributed by atoms with Gasteiger partial charge in [0.2, 0.25) is 0 Å². The largest absolute Gasteiger partial charge is 0.437 e. The Morgan fingerprint density at radius 1 is 1.14 bits per heavy atom. The molecule has 0 spiro atoms. The third-order valence-electron chi connectivity index (χ3n) is 5.15. The first-order valence-electron chi connectivity index (χ1n) is 9.61. The Bertz CT molecular complexity index is 927. The van der Waals surface area contributed by atoms with Crippen molar-refractivity contribution in [3.63, 3.8) is 0 Å². The number of benzene rings is 1. The molecular weight excluding hydrogens is 352 g/mol. The number of nitrogens with one attached hydrogen (secondary N) is 1. The highest BCUT2D eigenvalue weighted by Gasteiger charge is 2.22. The van der Waals surface area contributed by atoms with Gasteiger partial charge >= 0.3 is 5.91 Å². The molecule has 1 amide bonds. The van der Waals surface area contributed by atoms with Crippen LogP contribution in [0.3, 0.4) is 0 Å². The number of rotatable bonds is 5. The maximum absolute atomic E-state index is 12.4. The Kier molecular flexibility index (Phi) is 5.48. The van der Waals surface area contributed by atoms with Crippen molar-refractivity contribution in [3.05, 3.63) is 82.8 Å². The number of aryl methyl sites for hydroxylation is 1. The number of aromatic nitrogens is 2. The highest BCUT2D eigenvalue weighted by molar-refractivity contribution is 5.89. The van der Waals surface area contributed by atoms with Crippen molar-refractivity contribution >= 4 is 5.91 Å². The molecule has 144 valence electrons. The molecule has 0 saturated carbocycles. The predicted molar refractivity (Wildman–Crippen MR) is 106 cm³/mol. The van der Waals surface area contributed by atoms with E-state index in [2.05, 4.69) is 51.4 Å². The first kappa shape index (κ1) is 18.4. The van der Waals surface area contributed by atoms with Crippen molar-refractivity contribution in [2.24, 2.45) is 0 Å². The van der Waals surface area contributed by atoms with Gasteiger partial charge in [0.1, 0.15) is 5.76 Å². The van der Waals surface area contributed by atoms with Crippen LogP contribution in [-0.2, 0) is 25.9 Å². The van der Waals surface area contributed by atoms with E-state index in [1.807, 2.05) is 12.1 Å². The van der Waals surface area contributed by atoms with Crippen molar-refractivity contribution in [1.82, 2.24) is 20.2 Å². The summed E-state index contributed by atoms with van der Waals surface area (Å²) >= 11 is 0. The number of oxazole rings is 1. The average molecular weight is 376 g/mol. The fraction of sp³-hybridized carbons (Fsp3) is 0.318. The smallest absolute Gasteiger partial charge is 0.307 e. The Morgan fingerprint density at radius 3 is 2.75 bits per heavy atom. The molecule has 1 aliphatic heterocycles. The molecule has 6 nitrogen and oxygen atoms in total.